The van der Waals surface area contributed by atoms with Crippen LogP contribution >= 0.6 is 11.6 Å². The molecule has 0 nitrogen and oxygen atoms in total. The smallest absolute Gasteiger partial charge is 0.120 e. The highest BCUT2D eigenvalue weighted by Gasteiger charge is 2.22. The Morgan fingerprint density at radius 2 is 2.25 bits per heavy atom. The van der Waals surface area contributed by atoms with Gasteiger partial charge in [0.25, 0.3) is 0 Å². The third kappa shape index (κ3) is 1.89. The molecule has 12 heavy (non-hydrogen) atoms. The molecule has 0 saturated heterocycles. The van der Waals surface area contributed by atoms with E-state index in [-0.39, 0.29) is 5.92 Å². The van der Waals surface area contributed by atoms with Gasteiger partial charge in [-0.25, -0.2) is 4.39 Å². The third-order valence-electron chi connectivity index (χ3n) is 2.24. The van der Waals surface area contributed by atoms with Crippen LogP contribution in [0.4, 0.5) is 4.39 Å². The van der Waals surface area contributed by atoms with Crippen molar-refractivity contribution in [2.45, 2.75) is 33.4 Å². The topological polar surface area (TPSA) is 0 Å². The predicted octanol–water partition coefficient (Wildman–Crippen LogP) is 3.82. The van der Waals surface area contributed by atoms with Crippen LogP contribution in [-0.2, 0) is 0 Å². The summed E-state index contributed by atoms with van der Waals surface area (Å²) in [5.41, 5.74) is 1.99. The molecule has 1 unspecified atom stereocenters. The van der Waals surface area contributed by atoms with Crippen molar-refractivity contribution in [1.29, 1.82) is 0 Å². The van der Waals surface area contributed by atoms with Crippen molar-refractivity contribution >= 4 is 11.6 Å². The van der Waals surface area contributed by atoms with Crippen molar-refractivity contribution in [3.63, 3.8) is 0 Å². The van der Waals surface area contributed by atoms with Crippen LogP contribution in [0.3, 0.4) is 0 Å². The predicted molar refractivity (Wildman–Crippen MR) is 51.0 cm³/mol. The summed E-state index contributed by atoms with van der Waals surface area (Å²) in [6, 6.07) is 0. The van der Waals surface area contributed by atoms with E-state index in [0.717, 1.165) is 12.0 Å². The molecular formula is C10H14ClF. The number of alkyl halides is 1. The molecule has 0 heterocycles. The second-order valence-electron chi connectivity index (χ2n) is 3.52. The quantitative estimate of drug-likeness (QED) is 0.587. The van der Waals surface area contributed by atoms with Crippen molar-refractivity contribution in [3.05, 3.63) is 22.3 Å². The summed E-state index contributed by atoms with van der Waals surface area (Å²) in [5.74, 6) is 0.252. The molecule has 0 fully saturated rings. The van der Waals surface area contributed by atoms with Gasteiger partial charge in [-0.2, -0.15) is 0 Å². The fourth-order valence-electron chi connectivity index (χ4n) is 1.77. The summed E-state index contributed by atoms with van der Waals surface area (Å²) < 4.78 is 13.0. The SMILES string of the molecule is CC1=CC(Cl)=C([C@H](C)F)C(C)C1. The van der Waals surface area contributed by atoms with E-state index < -0.39 is 6.17 Å². The Bertz CT molecular complexity index is 238. The van der Waals surface area contributed by atoms with Crippen molar-refractivity contribution in [2.24, 2.45) is 5.92 Å². The van der Waals surface area contributed by atoms with Crippen molar-refractivity contribution in [3.8, 4) is 0 Å². The lowest BCUT2D eigenvalue weighted by Gasteiger charge is -2.23. The molecule has 0 bridgehead atoms. The van der Waals surface area contributed by atoms with E-state index in [1.807, 2.05) is 19.9 Å². The molecule has 68 valence electrons. The largest absolute Gasteiger partial charge is 0.243 e. The number of hydrogen-bond acceptors (Lipinski definition) is 0. The van der Waals surface area contributed by atoms with Gasteiger partial charge in [0.2, 0.25) is 0 Å². The number of allylic oxidation sites excluding steroid dienone is 4. The van der Waals surface area contributed by atoms with Crippen LogP contribution < -0.4 is 0 Å². The molecule has 1 rings (SSSR count). The molecule has 0 saturated carbocycles. The maximum atomic E-state index is 13.0. The monoisotopic (exact) mass is 188 g/mol. The first-order chi connectivity index (χ1) is 5.52. The Balaban J connectivity index is 2.99. The molecule has 2 atom stereocenters. The maximum absolute atomic E-state index is 13.0. The summed E-state index contributed by atoms with van der Waals surface area (Å²) in [5, 5.41) is 0.598. The lowest BCUT2D eigenvalue weighted by atomic mass is 9.87. The summed E-state index contributed by atoms with van der Waals surface area (Å²) in [4.78, 5) is 0. The van der Waals surface area contributed by atoms with Crippen LogP contribution in [0.5, 0.6) is 0 Å². The minimum absolute atomic E-state index is 0.252. The molecule has 0 radical (unpaired) electrons. The van der Waals surface area contributed by atoms with E-state index in [1.165, 1.54) is 5.57 Å². The fourth-order valence-corrected chi connectivity index (χ4v) is 2.29. The zero-order chi connectivity index (χ0) is 9.30. The van der Waals surface area contributed by atoms with Crippen LogP contribution in [0.15, 0.2) is 22.3 Å². The summed E-state index contributed by atoms with van der Waals surface area (Å²) >= 11 is 5.93. The maximum Gasteiger partial charge on any atom is 0.120 e. The minimum atomic E-state index is -0.920. The Kier molecular flexibility index (Phi) is 2.94. The van der Waals surface area contributed by atoms with Gasteiger partial charge in [0, 0.05) is 5.03 Å². The van der Waals surface area contributed by atoms with Gasteiger partial charge in [-0.15, -0.1) is 0 Å². The van der Waals surface area contributed by atoms with Gasteiger partial charge in [0.05, 0.1) is 0 Å². The molecule has 0 spiro atoms. The van der Waals surface area contributed by atoms with Crippen LogP contribution in [-0.4, -0.2) is 6.17 Å². The lowest BCUT2D eigenvalue weighted by molar-refractivity contribution is 0.377. The lowest BCUT2D eigenvalue weighted by Crippen LogP contribution is -2.13. The molecule has 1 aliphatic rings. The van der Waals surface area contributed by atoms with Gasteiger partial charge < -0.3 is 0 Å². The molecule has 0 aromatic carbocycles. The molecule has 0 aliphatic heterocycles. The first kappa shape index (κ1) is 9.79. The second kappa shape index (κ2) is 3.61. The zero-order valence-electron chi connectivity index (χ0n) is 7.70. The summed E-state index contributed by atoms with van der Waals surface area (Å²) in [7, 11) is 0. The van der Waals surface area contributed by atoms with E-state index in [0.29, 0.717) is 5.03 Å². The average molecular weight is 189 g/mol. The van der Waals surface area contributed by atoms with Crippen molar-refractivity contribution in [2.75, 3.05) is 0 Å². The number of halogens is 2. The Morgan fingerprint density at radius 1 is 1.67 bits per heavy atom. The molecule has 0 amide bonds. The average Bonchev–Trinajstić information content (AvgIpc) is 1.82. The zero-order valence-corrected chi connectivity index (χ0v) is 8.45. The van der Waals surface area contributed by atoms with E-state index in [2.05, 4.69) is 0 Å². The van der Waals surface area contributed by atoms with E-state index in [9.17, 15) is 4.39 Å². The molecule has 1 aliphatic carbocycles. The highest BCUT2D eigenvalue weighted by molar-refractivity contribution is 6.31. The molecule has 2 heteroatoms. The minimum Gasteiger partial charge on any atom is -0.243 e. The fraction of sp³-hybridized carbons (Fsp3) is 0.600. The molecule has 0 aromatic heterocycles. The van der Waals surface area contributed by atoms with E-state index in [1.54, 1.807) is 6.92 Å². The van der Waals surface area contributed by atoms with Gasteiger partial charge in [-0.3, -0.25) is 0 Å². The van der Waals surface area contributed by atoms with Crippen LogP contribution in [0.1, 0.15) is 27.2 Å². The summed E-state index contributed by atoms with van der Waals surface area (Å²) in [6.07, 6.45) is 1.88. The molecule has 0 aromatic rings. The van der Waals surface area contributed by atoms with Gasteiger partial charge in [-0.1, -0.05) is 24.1 Å². The summed E-state index contributed by atoms with van der Waals surface area (Å²) in [6.45, 7) is 5.59. The van der Waals surface area contributed by atoms with Crippen molar-refractivity contribution in [1.82, 2.24) is 0 Å². The van der Waals surface area contributed by atoms with E-state index >= 15 is 0 Å². The first-order valence-corrected chi connectivity index (χ1v) is 4.61. The Morgan fingerprint density at radius 3 is 2.67 bits per heavy atom. The second-order valence-corrected chi connectivity index (χ2v) is 3.92. The van der Waals surface area contributed by atoms with Crippen molar-refractivity contribution < 1.29 is 4.39 Å². The van der Waals surface area contributed by atoms with Crippen LogP contribution in [0, 0.1) is 5.92 Å². The standard InChI is InChI=1S/C10H14ClF/c1-6-4-7(2)10(8(3)12)9(11)5-6/h5,7-8H,4H2,1-3H3/t7?,8-/m0/s1. The first-order valence-electron chi connectivity index (χ1n) is 4.23. The molecule has 0 N–H and O–H groups in total. The third-order valence-corrected chi connectivity index (χ3v) is 2.56. The van der Waals surface area contributed by atoms with Gasteiger partial charge in [0.1, 0.15) is 6.17 Å². The molecular weight excluding hydrogens is 175 g/mol. The van der Waals surface area contributed by atoms with Crippen LogP contribution in [0.25, 0.3) is 0 Å². The highest BCUT2D eigenvalue weighted by Crippen LogP contribution is 2.33. The van der Waals surface area contributed by atoms with E-state index in [4.69, 9.17) is 11.6 Å². The highest BCUT2D eigenvalue weighted by atomic mass is 35.5. The van der Waals surface area contributed by atoms with Crippen LogP contribution in [0.2, 0.25) is 0 Å². The van der Waals surface area contributed by atoms with Gasteiger partial charge in [0.15, 0.2) is 0 Å². The number of rotatable bonds is 1. The normalized spacial score (nSPS) is 27.1. The number of hydrogen-bond donors (Lipinski definition) is 0. The van der Waals surface area contributed by atoms with Gasteiger partial charge in [-0.05, 0) is 37.8 Å². The van der Waals surface area contributed by atoms with Gasteiger partial charge >= 0.3 is 0 Å². The Labute approximate surface area is 78.1 Å². The Hall–Kier alpha value is -0.300.